The molecule has 0 N–H and O–H groups in total. The zero-order valence-corrected chi connectivity index (χ0v) is 11.1. The van der Waals surface area contributed by atoms with E-state index >= 15 is 0 Å². The lowest BCUT2D eigenvalue weighted by Gasteiger charge is -2.22. The van der Waals surface area contributed by atoms with Crippen molar-refractivity contribution in [3.63, 3.8) is 0 Å². The Morgan fingerprint density at radius 3 is 2.89 bits per heavy atom. The van der Waals surface area contributed by atoms with E-state index in [4.69, 9.17) is 13.9 Å². The summed E-state index contributed by atoms with van der Waals surface area (Å²) in [5.41, 5.74) is 0.726. The van der Waals surface area contributed by atoms with Gasteiger partial charge < -0.3 is 13.9 Å². The van der Waals surface area contributed by atoms with Crippen LogP contribution in [0, 0.1) is 0 Å². The Labute approximate surface area is 112 Å². The molecule has 5 heteroatoms. The lowest BCUT2D eigenvalue weighted by molar-refractivity contribution is -0.0911. The van der Waals surface area contributed by atoms with Gasteiger partial charge in [-0.15, -0.1) is 0 Å². The Hall–Kier alpha value is -1.17. The average molecular weight is 311 g/mol. The highest BCUT2D eigenvalue weighted by atomic mass is 79.9. The van der Waals surface area contributed by atoms with Gasteiger partial charge in [-0.1, -0.05) is 15.9 Å². The van der Waals surface area contributed by atoms with Gasteiger partial charge in [0.1, 0.15) is 11.7 Å². The largest absolute Gasteiger partial charge is 0.422 e. The van der Waals surface area contributed by atoms with Crippen molar-refractivity contribution in [2.45, 2.75) is 6.10 Å². The maximum absolute atomic E-state index is 11.9. The molecule has 94 valence electrons. The zero-order valence-electron chi connectivity index (χ0n) is 9.52. The minimum Gasteiger partial charge on any atom is -0.422 e. The molecular weight excluding hydrogens is 300 g/mol. The number of halogens is 1. The van der Waals surface area contributed by atoms with Crippen LogP contribution < -0.4 is 5.63 Å². The van der Waals surface area contributed by atoms with E-state index in [1.54, 1.807) is 6.07 Å². The third-order valence-electron chi connectivity index (χ3n) is 2.88. The van der Waals surface area contributed by atoms with Crippen molar-refractivity contribution in [1.82, 2.24) is 0 Å². The van der Waals surface area contributed by atoms with Crippen LogP contribution in [0.2, 0.25) is 0 Å². The molecule has 18 heavy (non-hydrogen) atoms. The highest BCUT2D eigenvalue weighted by molar-refractivity contribution is 9.10. The fourth-order valence-corrected chi connectivity index (χ4v) is 2.38. The molecule has 1 aliphatic heterocycles. The van der Waals surface area contributed by atoms with Crippen molar-refractivity contribution in [3.05, 3.63) is 44.7 Å². The van der Waals surface area contributed by atoms with Crippen molar-refractivity contribution in [3.8, 4) is 0 Å². The van der Waals surface area contributed by atoms with Gasteiger partial charge in [0.15, 0.2) is 0 Å². The van der Waals surface area contributed by atoms with E-state index in [-0.39, 0.29) is 11.7 Å². The molecule has 1 aromatic carbocycles. The van der Waals surface area contributed by atoms with Gasteiger partial charge in [-0.25, -0.2) is 4.79 Å². The summed E-state index contributed by atoms with van der Waals surface area (Å²) in [5.74, 6) is 0. The molecule has 0 bridgehead atoms. The topological polar surface area (TPSA) is 48.7 Å². The first kappa shape index (κ1) is 11.9. The fourth-order valence-electron chi connectivity index (χ4n) is 2.00. The molecule has 1 atom stereocenters. The second kappa shape index (κ2) is 4.84. The summed E-state index contributed by atoms with van der Waals surface area (Å²) in [4.78, 5) is 11.9. The smallest absolute Gasteiger partial charge is 0.342 e. The Morgan fingerprint density at radius 1 is 1.22 bits per heavy atom. The van der Waals surface area contributed by atoms with Gasteiger partial charge in [0, 0.05) is 9.86 Å². The summed E-state index contributed by atoms with van der Waals surface area (Å²) < 4.78 is 17.1. The Morgan fingerprint density at radius 2 is 2.11 bits per heavy atom. The van der Waals surface area contributed by atoms with Gasteiger partial charge >= 0.3 is 5.63 Å². The number of rotatable bonds is 1. The van der Waals surface area contributed by atoms with Crippen molar-refractivity contribution >= 4 is 26.9 Å². The van der Waals surface area contributed by atoms with E-state index in [2.05, 4.69) is 15.9 Å². The Kier molecular flexibility index (Phi) is 3.20. The summed E-state index contributed by atoms with van der Waals surface area (Å²) in [7, 11) is 0. The number of benzene rings is 1. The second-order valence-electron chi connectivity index (χ2n) is 4.11. The van der Waals surface area contributed by atoms with Crippen LogP contribution >= 0.6 is 15.9 Å². The number of fused-ring (bicyclic) bond motifs is 1. The second-order valence-corrected chi connectivity index (χ2v) is 5.02. The Balaban J connectivity index is 2.10. The standard InChI is InChI=1S/C13H11BrO4/c14-9-1-2-11-8(5-9)6-10(13(15)18-11)12-7-16-3-4-17-12/h1-2,5-6,12H,3-4,7H2. The summed E-state index contributed by atoms with van der Waals surface area (Å²) in [5, 5.41) is 0.869. The van der Waals surface area contributed by atoms with Crippen molar-refractivity contribution in [2.24, 2.45) is 0 Å². The first-order valence-electron chi connectivity index (χ1n) is 5.67. The number of ether oxygens (including phenoxy) is 2. The van der Waals surface area contributed by atoms with E-state index < -0.39 is 0 Å². The van der Waals surface area contributed by atoms with Gasteiger partial charge in [-0.3, -0.25) is 0 Å². The maximum atomic E-state index is 11.9. The minimum absolute atomic E-state index is 0.335. The van der Waals surface area contributed by atoms with Crippen LogP contribution in [0.4, 0.5) is 0 Å². The molecule has 0 radical (unpaired) electrons. The summed E-state index contributed by atoms with van der Waals surface area (Å²) >= 11 is 3.40. The predicted molar refractivity (Wildman–Crippen MR) is 69.7 cm³/mol. The summed E-state index contributed by atoms with van der Waals surface area (Å²) in [6.07, 6.45) is -0.335. The predicted octanol–water partition coefficient (Wildman–Crippen LogP) is 2.64. The van der Waals surface area contributed by atoms with Gasteiger partial charge in [-0.05, 0) is 24.3 Å². The molecule has 1 aromatic heterocycles. The molecule has 0 spiro atoms. The summed E-state index contributed by atoms with van der Waals surface area (Å²) in [6.45, 7) is 1.46. The zero-order chi connectivity index (χ0) is 12.5. The molecular formula is C13H11BrO4. The van der Waals surface area contributed by atoms with E-state index in [0.717, 1.165) is 9.86 Å². The first-order chi connectivity index (χ1) is 8.74. The normalized spacial score (nSPS) is 20.2. The van der Waals surface area contributed by atoms with Crippen molar-refractivity contribution < 1.29 is 13.9 Å². The van der Waals surface area contributed by atoms with Gasteiger partial charge in [0.25, 0.3) is 0 Å². The number of hydrogen-bond acceptors (Lipinski definition) is 4. The quantitative estimate of drug-likeness (QED) is 0.760. The lowest BCUT2D eigenvalue weighted by Crippen LogP contribution is -2.26. The van der Waals surface area contributed by atoms with Crippen molar-refractivity contribution in [1.29, 1.82) is 0 Å². The fraction of sp³-hybridized carbons (Fsp3) is 0.308. The van der Waals surface area contributed by atoms with Crippen LogP contribution in [0.25, 0.3) is 11.0 Å². The molecule has 2 aromatic rings. The minimum atomic E-state index is -0.361. The van der Waals surface area contributed by atoms with Crippen LogP contribution in [-0.4, -0.2) is 19.8 Å². The Bertz CT molecular complexity index is 628. The molecule has 4 nitrogen and oxygen atoms in total. The summed E-state index contributed by atoms with van der Waals surface area (Å²) in [6, 6.07) is 7.32. The molecule has 1 saturated heterocycles. The molecule has 2 heterocycles. The first-order valence-corrected chi connectivity index (χ1v) is 6.46. The van der Waals surface area contributed by atoms with Gasteiger partial charge in [0.2, 0.25) is 0 Å². The number of hydrogen-bond donors (Lipinski definition) is 0. The molecule has 1 aliphatic rings. The average Bonchev–Trinajstić information content (AvgIpc) is 2.39. The molecule has 3 rings (SSSR count). The van der Waals surface area contributed by atoms with Crippen LogP contribution in [0.15, 0.2) is 37.9 Å². The molecule has 0 saturated carbocycles. The van der Waals surface area contributed by atoms with Crippen molar-refractivity contribution in [2.75, 3.05) is 19.8 Å². The molecule has 0 aliphatic carbocycles. The van der Waals surface area contributed by atoms with Crippen LogP contribution in [-0.2, 0) is 9.47 Å². The van der Waals surface area contributed by atoms with E-state index in [0.29, 0.717) is 31.0 Å². The van der Waals surface area contributed by atoms with Crippen LogP contribution in [0.1, 0.15) is 11.7 Å². The van der Waals surface area contributed by atoms with Gasteiger partial charge in [0.05, 0.1) is 25.4 Å². The van der Waals surface area contributed by atoms with E-state index in [9.17, 15) is 4.79 Å². The van der Waals surface area contributed by atoms with E-state index in [1.807, 2.05) is 18.2 Å². The third kappa shape index (κ3) is 2.21. The van der Waals surface area contributed by atoms with Gasteiger partial charge in [-0.2, -0.15) is 0 Å². The highest BCUT2D eigenvalue weighted by Gasteiger charge is 2.21. The van der Waals surface area contributed by atoms with E-state index in [1.165, 1.54) is 0 Å². The maximum Gasteiger partial charge on any atom is 0.342 e. The lowest BCUT2D eigenvalue weighted by atomic mass is 10.1. The van der Waals surface area contributed by atoms with Crippen LogP contribution in [0.3, 0.4) is 0 Å². The molecule has 1 fully saturated rings. The SMILES string of the molecule is O=c1oc2ccc(Br)cc2cc1C1COCCO1. The third-order valence-corrected chi connectivity index (χ3v) is 3.38. The molecule has 0 amide bonds. The highest BCUT2D eigenvalue weighted by Crippen LogP contribution is 2.24. The van der Waals surface area contributed by atoms with Crippen LogP contribution in [0.5, 0.6) is 0 Å². The molecule has 1 unspecified atom stereocenters. The monoisotopic (exact) mass is 310 g/mol.